The van der Waals surface area contributed by atoms with Crippen LogP contribution in [0, 0.1) is 0 Å². The van der Waals surface area contributed by atoms with Crippen LogP contribution in [0.1, 0.15) is 46.5 Å². The molecule has 0 aromatic carbocycles. The third-order valence-electron chi connectivity index (χ3n) is 4.50. The van der Waals surface area contributed by atoms with Crippen LogP contribution in [0.2, 0.25) is 18.1 Å². The maximum Gasteiger partial charge on any atom is 0.308 e. The van der Waals surface area contributed by atoms with Gasteiger partial charge in [0.15, 0.2) is 8.32 Å². The summed E-state index contributed by atoms with van der Waals surface area (Å²) in [6.45, 7) is 11.9. The van der Waals surface area contributed by atoms with E-state index < -0.39 is 8.32 Å². The van der Waals surface area contributed by atoms with Gasteiger partial charge < -0.3 is 13.9 Å². The van der Waals surface area contributed by atoms with E-state index in [2.05, 4.69) is 33.9 Å². The Kier molecular flexibility index (Phi) is 6.22. The third-order valence-corrected chi connectivity index (χ3v) is 9.00. The lowest BCUT2D eigenvalue weighted by atomic mass is 10.0. The second-order valence-electron chi connectivity index (χ2n) is 7.16. The van der Waals surface area contributed by atoms with Crippen LogP contribution in [-0.4, -0.2) is 40.2 Å². The summed E-state index contributed by atoms with van der Waals surface area (Å²) >= 11 is 0. The molecular formula is C15H30O4Si. The molecule has 0 radical (unpaired) electrons. The summed E-state index contributed by atoms with van der Waals surface area (Å²) in [7, 11) is -0.302. The first kappa shape index (κ1) is 17.7. The van der Waals surface area contributed by atoms with E-state index in [1.165, 1.54) is 7.11 Å². The minimum Gasteiger partial charge on any atom is -0.469 e. The van der Waals surface area contributed by atoms with Gasteiger partial charge in [-0.3, -0.25) is 4.79 Å². The molecule has 1 aliphatic rings. The van der Waals surface area contributed by atoms with Crippen LogP contribution in [0.15, 0.2) is 0 Å². The van der Waals surface area contributed by atoms with Gasteiger partial charge in [0.1, 0.15) is 0 Å². The molecule has 0 aromatic heterocycles. The average molecular weight is 302 g/mol. The van der Waals surface area contributed by atoms with Crippen LogP contribution in [-0.2, 0) is 18.7 Å². The van der Waals surface area contributed by atoms with E-state index >= 15 is 0 Å². The predicted octanol–water partition coefficient (Wildman–Crippen LogP) is 3.51. The van der Waals surface area contributed by atoms with E-state index in [1.54, 1.807) is 0 Å². The number of methoxy groups -OCH3 is 1. The predicted molar refractivity (Wildman–Crippen MR) is 82.3 cm³/mol. The molecule has 0 amide bonds. The highest BCUT2D eigenvalue weighted by atomic mass is 28.4. The lowest BCUT2D eigenvalue weighted by Gasteiger charge is -2.38. The van der Waals surface area contributed by atoms with Gasteiger partial charge in [-0.05, 0) is 37.4 Å². The van der Waals surface area contributed by atoms with Gasteiger partial charge in [-0.1, -0.05) is 20.8 Å². The number of hydrogen-bond acceptors (Lipinski definition) is 4. The van der Waals surface area contributed by atoms with Crippen molar-refractivity contribution in [3.8, 4) is 0 Å². The molecule has 0 unspecified atom stereocenters. The minimum atomic E-state index is -1.72. The van der Waals surface area contributed by atoms with E-state index in [9.17, 15) is 4.79 Å². The fourth-order valence-electron chi connectivity index (χ4n) is 2.04. The van der Waals surface area contributed by atoms with Crippen LogP contribution in [0.5, 0.6) is 0 Å². The molecule has 1 saturated heterocycles. The molecule has 1 heterocycles. The number of rotatable bonds is 5. The fraction of sp³-hybridized carbons (Fsp3) is 0.933. The molecule has 1 fully saturated rings. The number of esters is 1. The monoisotopic (exact) mass is 302 g/mol. The van der Waals surface area contributed by atoms with Crippen molar-refractivity contribution in [2.24, 2.45) is 0 Å². The van der Waals surface area contributed by atoms with Gasteiger partial charge in [-0.2, -0.15) is 0 Å². The van der Waals surface area contributed by atoms with Crippen molar-refractivity contribution in [2.75, 3.05) is 13.7 Å². The molecule has 0 aromatic rings. The van der Waals surface area contributed by atoms with Crippen LogP contribution < -0.4 is 0 Å². The topological polar surface area (TPSA) is 44.8 Å². The van der Waals surface area contributed by atoms with Gasteiger partial charge in [0.25, 0.3) is 0 Å². The van der Waals surface area contributed by atoms with Gasteiger partial charge >= 0.3 is 5.97 Å². The van der Waals surface area contributed by atoms with Crippen LogP contribution >= 0.6 is 0 Å². The van der Waals surface area contributed by atoms with Crippen molar-refractivity contribution in [2.45, 2.75) is 76.8 Å². The smallest absolute Gasteiger partial charge is 0.308 e. The number of carbonyl (C=O) groups is 1. The summed E-state index contributed by atoms with van der Waals surface area (Å²) in [5.41, 5.74) is 0. The molecule has 0 aliphatic carbocycles. The summed E-state index contributed by atoms with van der Waals surface area (Å²) in [4.78, 5) is 11.3. The van der Waals surface area contributed by atoms with Gasteiger partial charge in [-0.25, -0.2) is 0 Å². The molecule has 0 N–H and O–H groups in total. The van der Waals surface area contributed by atoms with Gasteiger partial charge in [0, 0.05) is 0 Å². The van der Waals surface area contributed by atoms with Crippen LogP contribution in [0.4, 0.5) is 0 Å². The number of hydrogen-bond donors (Lipinski definition) is 0. The number of ether oxygens (including phenoxy) is 2. The molecule has 118 valence electrons. The fourth-order valence-corrected chi connectivity index (χ4v) is 3.08. The summed E-state index contributed by atoms with van der Waals surface area (Å²) < 4.78 is 16.9. The second-order valence-corrected chi connectivity index (χ2v) is 12.0. The molecule has 5 heteroatoms. The van der Waals surface area contributed by atoms with Gasteiger partial charge in [0.05, 0.1) is 32.3 Å². The SMILES string of the molecule is COC(=O)C[C@H]1CCC[C@H](CO[Si](C)(C)C(C)(C)C)O1. The zero-order valence-electron chi connectivity index (χ0n) is 13.8. The molecule has 0 bridgehead atoms. The second kappa shape index (κ2) is 7.05. The molecular weight excluding hydrogens is 272 g/mol. The average Bonchev–Trinajstić information content (AvgIpc) is 2.35. The van der Waals surface area contributed by atoms with Crippen LogP contribution in [0.25, 0.3) is 0 Å². The Bertz CT molecular complexity index is 322. The molecule has 1 rings (SSSR count). The molecule has 1 aliphatic heterocycles. The minimum absolute atomic E-state index is 0.00999. The first-order valence-corrected chi connectivity index (χ1v) is 10.4. The summed E-state index contributed by atoms with van der Waals surface area (Å²) in [6, 6.07) is 0. The highest BCUT2D eigenvalue weighted by Gasteiger charge is 2.38. The van der Waals surface area contributed by atoms with E-state index in [0.717, 1.165) is 19.3 Å². The van der Waals surface area contributed by atoms with Crippen LogP contribution in [0.3, 0.4) is 0 Å². The maximum atomic E-state index is 11.3. The largest absolute Gasteiger partial charge is 0.469 e. The third kappa shape index (κ3) is 5.18. The highest BCUT2D eigenvalue weighted by Crippen LogP contribution is 2.37. The van der Waals surface area contributed by atoms with Gasteiger partial charge in [0.2, 0.25) is 0 Å². The zero-order valence-corrected chi connectivity index (χ0v) is 14.8. The first-order valence-electron chi connectivity index (χ1n) is 7.52. The molecule has 0 saturated carbocycles. The van der Waals surface area contributed by atoms with Crippen molar-refractivity contribution in [3.05, 3.63) is 0 Å². The van der Waals surface area contributed by atoms with Gasteiger partial charge in [-0.15, -0.1) is 0 Å². The van der Waals surface area contributed by atoms with E-state index in [1.807, 2.05) is 0 Å². The normalized spacial score (nSPS) is 24.5. The van der Waals surface area contributed by atoms with Crippen molar-refractivity contribution < 1.29 is 18.7 Å². The zero-order chi connectivity index (χ0) is 15.4. The maximum absolute atomic E-state index is 11.3. The Morgan fingerprint density at radius 2 is 1.85 bits per heavy atom. The lowest BCUT2D eigenvalue weighted by molar-refractivity contribution is -0.147. The van der Waals surface area contributed by atoms with E-state index in [4.69, 9.17) is 13.9 Å². The summed E-state index contributed by atoms with van der Waals surface area (Å²) in [5.74, 6) is -0.194. The standard InChI is InChI=1S/C15H30O4Si/c1-15(2,3)20(5,6)18-11-13-9-7-8-12(19-13)10-14(16)17-4/h12-13H,7-11H2,1-6H3/t12-,13-/m1/s1. The quantitative estimate of drug-likeness (QED) is 0.576. The Balaban J connectivity index is 2.43. The van der Waals surface area contributed by atoms with Crippen molar-refractivity contribution >= 4 is 14.3 Å². The summed E-state index contributed by atoms with van der Waals surface area (Å²) in [5, 5.41) is 0.215. The lowest BCUT2D eigenvalue weighted by Crippen LogP contribution is -2.44. The Hall–Kier alpha value is -0.393. The van der Waals surface area contributed by atoms with Crippen molar-refractivity contribution in [3.63, 3.8) is 0 Å². The summed E-state index contributed by atoms with van der Waals surface area (Å²) in [6.07, 6.45) is 3.51. The van der Waals surface area contributed by atoms with E-state index in [0.29, 0.717) is 13.0 Å². The van der Waals surface area contributed by atoms with Crippen molar-refractivity contribution in [1.29, 1.82) is 0 Å². The highest BCUT2D eigenvalue weighted by molar-refractivity contribution is 6.74. The molecule has 20 heavy (non-hydrogen) atoms. The molecule has 2 atom stereocenters. The molecule has 0 spiro atoms. The Morgan fingerprint density at radius 3 is 2.40 bits per heavy atom. The van der Waals surface area contributed by atoms with Crippen molar-refractivity contribution in [1.82, 2.24) is 0 Å². The molecule has 4 nitrogen and oxygen atoms in total. The Labute approximate surface area is 124 Å². The van der Waals surface area contributed by atoms with E-state index in [-0.39, 0.29) is 23.2 Å². The Morgan fingerprint density at radius 1 is 1.25 bits per heavy atom. The first-order chi connectivity index (χ1) is 9.15. The number of carbonyl (C=O) groups excluding carboxylic acids is 1.